The lowest BCUT2D eigenvalue weighted by Crippen LogP contribution is -2.44. The number of carboxylic acid groups (broad SMARTS) is 1. The number of carboxylic acids is 1. The van der Waals surface area contributed by atoms with E-state index in [0.29, 0.717) is 5.39 Å². The molecule has 2 aromatic carbocycles. The highest BCUT2D eigenvalue weighted by Gasteiger charge is 2.30. The molecule has 2 N–H and O–H groups in total. The summed E-state index contributed by atoms with van der Waals surface area (Å²) in [5, 5.41) is 9.81. The second kappa shape index (κ2) is 6.02. The largest absolute Gasteiger partial charge is 0.480 e. The van der Waals surface area contributed by atoms with E-state index >= 15 is 0 Å². The van der Waals surface area contributed by atoms with Crippen LogP contribution in [0, 0.1) is 11.7 Å². The smallest absolute Gasteiger partial charge is 0.322 e. The van der Waals surface area contributed by atoms with Crippen LogP contribution in [0.4, 0.5) is 4.39 Å². The molecule has 0 spiro atoms. The number of fused-ring (bicyclic) bond motifs is 1. The second-order valence-electron chi connectivity index (χ2n) is 5.28. The zero-order valence-electron chi connectivity index (χ0n) is 12.1. The molecule has 0 aliphatic heterocycles. The van der Waals surface area contributed by atoms with Crippen molar-refractivity contribution in [3.8, 4) is 0 Å². The molecule has 22 heavy (non-hydrogen) atoms. The number of hydrogen-bond donors (Lipinski definition) is 2. The third kappa shape index (κ3) is 3.10. The molecule has 0 saturated carbocycles. The van der Waals surface area contributed by atoms with Crippen LogP contribution < -0.4 is 4.72 Å². The molecule has 0 fully saturated rings. The lowest BCUT2D eigenvalue weighted by molar-refractivity contribution is -0.140. The summed E-state index contributed by atoms with van der Waals surface area (Å²) in [7, 11) is -4.28. The van der Waals surface area contributed by atoms with Gasteiger partial charge >= 0.3 is 5.97 Å². The number of halogens is 1. The van der Waals surface area contributed by atoms with Crippen molar-refractivity contribution in [1.29, 1.82) is 0 Å². The Bertz CT molecular complexity index is 817. The van der Waals surface area contributed by atoms with Crippen LogP contribution >= 0.6 is 0 Å². The molecule has 0 heterocycles. The molecule has 0 radical (unpaired) electrons. The molecule has 0 bridgehead atoms. The fraction of sp³-hybridized carbons (Fsp3) is 0.267. The van der Waals surface area contributed by atoms with Crippen LogP contribution in [-0.2, 0) is 14.8 Å². The van der Waals surface area contributed by atoms with Crippen LogP contribution in [0.2, 0.25) is 0 Å². The van der Waals surface area contributed by atoms with E-state index in [4.69, 9.17) is 5.11 Å². The average Bonchev–Trinajstić information content (AvgIpc) is 2.44. The first-order valence-electron chi connectivity index (χ1n) is 6.66. The van der Waals surface area contributed by atoms with Gasteiger partial charge in [-0.25, -0.2) is 12.8 Å². The molecule has 0 aliphatic carbocycles. The van der Waals surface area contributed by atoms with Gasteiger partial charge in [-0.15, -0.1) is 0 Å². The first kappa shape index (κ1) is 16.4. The summed E-state index contributed by atoms with van der Waals surface area (Å²) in [5.74, 6) is -2.67. The fourth-order valence-electron chi connectivity index (χ4n) is 2.12. The van der Waals surface area contributed by atoms with E-state index in [-0.39, 0.29) is 5.39 Å². The number of sulfonamides is 1. The summed E-state index contributed by atoms with van der Waals surface area (Å²) < 4.78 is 41.1. The Morgan fingerprint density at radius 2 is 1.82 bits per heavy atom. The van der Waals surface area contributed by atoms with Crippen molar-refractivity contribution in [2.24, 2.45) is 5.92 Å². The number of rotatable bonds is 5. The molecule has 7 heteroatoms. The predicted molar refractivity (Wildman–Crippen MR) is 80.5 cm³/mol. The summed E-state index contributed by atoms with van der Waals surface area (Å²) in [6.45, 7) is 3.14. The first-order chi connectivity index (χ1) is 10.2. The topological polar surface area (TPSA) is 83.5 Å². The number of carbonyl (C=O) groups is 1. The fourth-order valence-corrected chi connectivity index (χ4v) is 3.55. The molecule has 1 unspecified atom stereocenters. The second-order valence-corrected chi connectivity index (χ2v) is 6.96. The zero-order valence-corrected chi connectivity index (χ0v) is 12.9. The molecule has 5 nitrogen and oxygen atoms in total. The Hall–Kier alpha value is -1.99. The Balaban J connectivity index is 2.50. The van der Waals surface area contributed by atoms with Gasteiger partial charge in [0.15, 0.2) is 5.82 Å². The van der Waals surface area contributed by atoms with Gasteiger partial charge < -0.3 is 5.11 Å². The van der Waals surface area contributed by atoms with Gasteiger partial charge in [0, 0.05) is 5.39 Å². The van der Waals surface area contributed by atoms with Gasteiger partial charge in [-0.2, -0.15) is 4.72 Å². The third-order valence-corrected chi connectivity index (χ3v) is 4.79. The lowest BCUT2D eigenvalue weighted by atomic mass is 10.1. The zero-order chi connectivity index (χ0) is 16.5. The molecular formula is C15H16FNO4S. The summed E-state index contributed by atoms with van der Waals surface area (Å²) >= 11 is 0. The van der Waals surface area contributed by atoms with Crippen molar-refractivity contribution in [3.05, 3.63) is 42.2 Å². The van der Waals surface area contributed by atoms with Crippen molar-refractivity contribution >= 4 is 26.8 Å². The Morgan fingerprint density at radius 1 is 1.18 bits per heavy atom. The van der Waals surface area contributed by atoms with Crippen LogP contribution in [0.5, 0.6) is 0 Å². The molecule has 0 saturated heterocycles. The minimum Gasteiger partial charge on any atom is -0.480 e. The average molecular weight is 325 g/mol. The number of nitrogens with one attached hydrogen (secondary N) is 1. The standard InChI is InChI=1S/C15H16FNO4S/c1-9(2)14(15(18)19)17-22(20,21)12-8-7-10-5-3-4-6-11(10)13(12)16/h3-9,14,17H,1-2H3,(H,18,19). The molecule has 2 rings (SSSR count). The Labute approximate surface area is 127 Å². The van der Waals surface area contributed by atoms with Gasteiger partial charge in [0.05, 0.1) is 0 Å². The predicted octanol–water partition coefficient (Wildman–Crippen LogP) is 2.37. The Kier molecular flexibility index (Phi) is 4.48. The van der Waals surface area contributed by atoms with Crippen molar-refractivity contribution in [1.82, 2.24) is 4.72 Å². The highest BCUT2D eigenvalue weighted by Crippen LogP contribution is 2.24. The summed E-state index contributed by atoms with van der Waals surface area (Å²) in [5.41, 5.74) is 0. The summed E-state index contributed by atoms with van der Waals surface area (Å²) in [6.07, 6.45) is 0. The molecule has 0 amide bonds. The molecule has 0 aromatic heterocycles. The number of benzene rings is 2. The van der Waals surface area contributed by atoms with E-state index in [1.165, 1.54) is 12.1 Å². The highest BCUT2D eigenvalue weighted by molar-refractivity contribution is 7.89. The van der Waals surface area contributed by atoms with Crippen LogP contribution in [0.3, 0.4) is 0 Å². The van der Waals surface area contributed by atoms with Crippen molar-refractivity contribution < 1.29 is 22.7 Å². The summed E-state index contributed by atoms with van der Waals surface area (Å²) in [4.78, 5) is 10.6. The number of aliphatic carboxylic acids is 1. The van der Waals surface area contributed by atoms with Gasteiger partial charge in [0.25, 0.3) is 0 Å². The monoisotopic (exact) mass is 325 g/mol. The summed E-state index contributed by atoms with van der Waals surface area (Å²) in [6, 6.07) is 7.75. The highest BCUT2D eigenvalue weighted by atomic mass is 32.2. The molecule has 118 valence electrons. The van der Waals surface area contributed by atoms with Gasteiger partial charge in [-0.1, -0.05) is 44.2 Å². The van der Waals surface area contributed by atoms with Crippen LogP contribution in [-0.4, -0.2) is 25.5 Å². The van der Waals surface area contributed by atoms with E-state index in [9.17, 15) is 17.6 Å². The van der Waals surface area contributed by atoms with Gasteiger partial charge in [0.1, 0.15) is 10.9 Å². The van der Waals surface area contributed by atoms with Crippen LogP contribution in [0.1, 0.15) is 13.8 Å². The maximum atomic E-state index is 14.5. The van der Waals surface area contributed by atoms with Crippen molar-refractivity contribution in [2.75, 3.05) is 0 Å². The van der Waals surface area contributed by atoms with Crippen LogP contribution in [0.15, 0.2) is 41.3 Å². The Morgan fingerprint density at radius 3 is 2.41 bits per heavy atom. The lowest BCUT2D eigenvalue weighted by Gasteiger charge is -2.18. The minimum absolute atomic E-state index is 0.168. The van der Waals surface area contributed by atoms with E-state index < -0.39 is 38.7 Å². The molecule has 2 aromatic rings. The van der Waals surface area contributed by atoms with Crippen molar-refractivity contribution in [3.63, 3.8) is 0 Å². The quantitative estimate of drug-likeness (QED) is 0.884. The SMILES string of the molecule is CC(C)C(NS(=O)(=O)c1ccc2ccccc2c1F)C(=O)O. The normalized spacial score (nSPS) is 13.5. The first-order valence-corrected chi connectivity index (χ1v) is 8.14. The van der Waals surface area contributed by atoms with Crippen molar-refractivity contribution in [2.45, 2.75) is 24.8 Å². The molecule has 0 aliphatic rings. The molecule has 1 atom stereocenters. The van der Waals surface area contributed by atoms with Gasteiger partial charge in [-0.05, 0) is 17.4 Å². The third-order valence-electron chi connectivity index (χ3n) is 3.33. The van der Waals surface area contributed by atoms with Gasteiger partial charge in [0.2, 0.25) is 10.0 Å². The van der Waals surface area contributed by atoms with E-state index in [0.717, 1.165) is 6.07 Å². The number of hydrogen-bond acceptors (Lipinski definition) is 3. The van der Waals surface area contributed by atoms with Gasteiger partial charge in [-0.3, -0.25) is 4.79 Å². The van der Waals surface area contributed by atoms with Crippen LogP contribution in [0.25, 0.3) is 10.8 Å². The molecular weight excluding hydrogens is 309 g/mol. The van der Waals surface area contributed by atoms with E-state index in [1.54, 1.807) is 32.0 Å². The maximum absolute atomic E-state index is 14.5. The minimum atomic E-state index is -4.28. The maximum Gasteiger partial charge on any atom is 0.322 e. The van der Waals surface area contributed by atoms with E-state index in [2.05, 4.69) is 0 Å². The van der Waals surface area contributed by atoms with E-state index in [1.807, 2.05) is 4.72 Å².